The number of fused-ring (bicyclic) bond motifs is 3. The Kier molecular flexibility index (Phi) is 5.42. The molecule has 0 fully saturated rings. The van der Waals surface area contributed by atoms with Crippen molar-refractivity contribution in [3.63, 3.8) is 0 Å². The third-order valence-electron chi connectivity index (χ3n) is 5.97. The van der Waals surface area contributed by atoms with Gasteiger partial charge in [0.05, 0.1) is 37.3 Å². The molecule has 3 N–H and O–H groups in total. The van der Waals surface area contributed by atoms with E-state index in [0.717, 1.165) is 33.0 Å². The third-order valence-corrected chi connectivity index (χ3v) is 5.97. The molecule has 6 aromatic rings. The Bertz CT molecular complexity index is 1680. The molecule has 0 aliphatic rings. The highest BCUT2D eigenvalue weighted by Gasteiger charge is 2.15. The molecule has 3 aromatic carbocycles. The molecular weight excluding hydrogens is 454 g/mol. The number of ether oxygens (including phenoxy) is 2. The topological polar surface area (TPSA) is 110 Å². The number of imidazole rings is 1. The fraction of sp³-hybridized carbons (Fsp3) is 0.111. The number of benzene rings is 3. The molecule has 0 saturated carbocycles. The average molecular weight is 478 g/mol. The van der Waals surface area contributed by atoms with Crippen molar-refractivity contribution in [3.8, 4) is 11.5 Å². The molecule has 0 bridgehead atoms. The molecule has 36 heavy (non-hydrogen) atoms. The zero-order valence-corrected chi connectivity index (χ0v) is 19.7. The zero-order valence-electron chi connectivity index (χ0n) is 19.7. The third kappa shape index (κ3) is 3.96. The lowest BCUT2D eigenvalue weighted by atomic mass is 10.1. The van der Waals surface area contributed by atoms with Crippen LogP contribution in [0, 0.1) is 0 Å². The highest BCUT2D eigenvalue weighted by molar-refractivity contribution is 5.95. The molecule has 3 heterocycles. The van der Waals surface area contributed by atoms with Gasteiger partial charge in [0.15, 0.2) is 11.5 Å². The van der Waals surface area contributed by atoms with Crippen LogP contribution in [0.25, 0.3) is 32.7 Å². The fourth-order valence-electron chi connectivity index (χ4n) is 4.23. The van der Waals surface area contributed by atoms with E-state index >= 15 is 0 Å². The lowest BCUT2D eigenvalue weighted by Gasteiger charge is -2.14. The van der Waals surface area contributed by atoms with E-state index in [4.69, 9.17) is 19.4 Å². The van der Waals surface area contributed by atoms with Crippen LogP contribution >= 0.6 is 0 Å². The Morgan fingerprint density at radius 2 is 1.58 bits per heavy atom. The summed E-state index contributed by atoms with van der Waals surface area (Å²) in [6, 6.07) is 21.6. The number of rotatable bonds is 7. The molecule has 178 valence electrons. The van der Waals surface area contributed by atoms with Gasteiger partial charge in [-0.3, -0.25) is 0 Å². The number of methoxy groups -OCH3 is 2. The maximum absolute atomic E-state index is 5.52. The van der Waals surface area contributed by atoms with E-state index in [1.54, 1.807) is 20.4 Å². The number of nitrogens with one attached hydrogen (secondary N) is 3. The second-order valence-electron chi connectivity index (χ2n) is 8.18. The summed E-state index contributed by atoms with van der Waals surface area (Å²) in [5, 5.41) is 9.56. The predicted octanol–water partition coefficient (Wildman–Crippen LogP) is 5.43. The summed E-state index contributed by atoms with van der Waals surface area (Å²) in [5.74, 6) is 3.69. The smallest absolute Gasteiger partial charge is 0.230 e. The SMILES string of the molecule is COc1cc2nc(Nc3nccc4ccccc34)nc(NCc3nc4ccccc4[nH]3)c2cc1OC. The highest BCUT2D eigenvalue weighted by Crippen LogP contribution is 2.35. The van der Waals surface area contributed by atoms with Gasteiger partial charge in [0.2, 0.25) is 5.95 Å². The van der Waals surface area contributed by atoms with Gasteiger partial charge in [0.1, 0.15) is 17.5 Å². The monoisotopic (exact) mass is 477 g/mol. The second kappa shape index (κ2) is 9.03. The number of hydrogen-bond donors (Lipinski definition) is 3. The van der Waals surface area contributed by atoms with Crippen LogP contribution in [0.3, 0.4) is 0 Å². The van der Waals surface area contributed by atoms with E-state index < -0.39 is 0 Å². The predicted molar refractivity (Wildman–Crippen MR) is 141 cm³/mol. The first-order valence-electron chi connectivity index (χ1n) is 11.4. The number of nitrogens with zero attached hydrogens (tertiary/aromatic N) is 4. The van der Waals surface area contributed by atoms with Crippen molar-refractivity contribution >= 4 is 50.3 Å². The van der Waals surface area contributed by atoms with Gasteiger partial charge < -0.3 is 25.1 Å². The summed E-state index contributed by atoms with van der Waals surface area (Å²) in [6.45, 7) is 0.446. The van der Waals surface area contributed by atoms with Crippen LogP contribution < -0.4 is 20.1 Å². The molecule has 0 amide bonds. The summed E-state index contributed by atoms with van der Waals surface area (Å²) >= 11 is 0. The molecular formula is C27H23N7O2. The Hall–Kier alpha value is -4.92. The Balaban J connectivity index is 1.42. The molecule has 0 radical (unpaired) electrons. The number of anilines is 3. The Labute approximate surface area is 206 Å². The fourth-order valence-corrected chi connectivity index (χ4v) is 4.23. The van der Waals surface area contributed by atoms with E-state index in [1.165, 1.54) is 0 Å². The minimum Gasteiger partial charge on any atom is -0.493 e. The summed E-state index contributed by atoms with van der Waals surface area (Å²) in [7, 11) is 3.21. The maximum Gasteiger partial charge on any atom is 0.230 e. The lowest BCUT2D eigenvalue weighted by Crippen LogP contribution is -2.07. The van der Waals surface area contributed by atoms with Crippen LogP contribution in [-0.2, 0) is 6.54 Å². The largest absolute Gasteiger partial charge is 0.493 e. The number of hydrogen-bond acceptors (Lipinski definition) is 8. The van der Waals surface area contributed by atoms with Crippen LogP contribution in [-0.4, -0.2) is 39.1 Å². The van der Waals surface area contributed by atoms with Gasteiger partial charge in [-0.05, 0) is 29.7 Å². The Morgan fingerprint density at radius 3 is 2.44 bits per heavy atom. The first-order valence-corrected chi connectivity index (χ1v) is 11.4. The quantitative estimate of drug-likeness (QED) is 0.279. The lowest BCUT2D eigenvalue weighted by molar-refractivity contribution is 0.356. The van der Waals surface area contributed by atoms with E-state index in [-0.39, 0.29) is 0 Å². The van der Waals surface area contributed by atoms with E-state index in [1.807, 2.05) is 66.7 Å². The zero-order chi connectivity index (χ0) is 24.5. The van der Waals surface area contributed by atoms with Gasteiger partial charge >= 0.3 is 0 Å². The molecule has 0 aliphatic carbocycles. The molecule has 0 spiro atoms. The minimum atomic E-state index is 0.408. The molecule has 0 saturated heterocycles. The number of aromatic nitrogens is 5. The summed E-state index contributed by atoms with van der Waals surface area (Å²) in [5.41, 5.74) is 2.59. The molecule has 0 unspecified atom stereocenters. The molecule has 0 aliphatic heterocycles. The van der Waals surface area contributed by atoms with Crippen molar-refractivity contribution in [2.45, 2.75) is 6.54 Å². The standard InChI is InChI=1S/C27H23N7O2/c1-35-22-13-18-21(14-23(22)36-2)32-27(33-25-17-8-4-3-7-16(17)11-12-28-25)34-26(18)29-15-24-30-19-9-5-6-10-20(19)31-24/h3-14H,15H2,1-2H3,(H,30,31)(H2,28,29,32,33,34). The van der Waals surface area contributed by atoms with Gasteiger partial charge in [-0.1, -0.05) is 36.4 Å². The highest BCUT2D eigenvalue weighted by atomic mass is 16.5. The van der Waals surface area contributed by atoms with Crippen LogP contribution in [0.5, 0.6) is 11.5 Å². The van der Waals surface area contributed by atoms with Crippen molar-refractivity contribution in [1.82, 2.24) is 24.9 Å². The van der Waals surface area contributed by atoms with Crippen molar-refractivity contribution in [2.75, 3.05) is 24.9 Å². The second-order valence-corrected chi connectivity index (χ2v) is 8.18. The van der Waals surface area contributed by atoms with Gasteiger partial charge in [-0.2, -0.15) is 4.98 Å². The average Bonchev–Trinajstić information content (AvgIpc) is 3.34. The summed E-state index contributed by atoms with van der Waals surface area (Å²) in [4.78, 5) is 22.1. The molecule has 6 rings (SSSR count). The Morgan fingerprint density at radius 1 is 0.778 bits per heavy atom. The van der Waals surface area contributed by atoms with Gasteiger partial charge in [0.25, 0.3) is 0 Å². The van der Waals surface area contributed by atoms with Crippen LogP contribution in [0.4, 0.5) is 17.6 Å². The van der Waals surface area contributed by atoms with Crippen LogP contribution in [0.2, 0.25) is 0 Å². The van der Waals surface area contributed by atoms with E-state index in [0.29, 0.717) is 41.1 Å². The van der Waals surface area contributed by atoms with Crippen molar-refractivity contribution < 1.29 is 9.47 Å². The number of pyridine rings is 1. The van der Waals surface area contributed by atoms with Crippen LogP contribution in [0.15, 0.2) is 72.9 Å². The van der Waals surface area contributed by atoms with Gasteiger partial charge in [0, 0.05) is 23.0 Å². The number of para-hydroxylation sites is 2. The number of H-pyrrole nitrogens is 1. The summed E-state index contributed by atoms with van der Waals surface area (Å²) in [6.07, 6.45) is 1.76. The number of aromatic amines is 1. The van der Waals surface area contributed by atoms with E-state index in [9.17, 15) is 0 Å². The first kappa shape index (κ1) is 21.6. The minimum absolute atomic E-state index is 0.408. The molecule has 9 heteroatoms. The van der Waals surface area contributed by atoms with Gasteiger partial charge in [-0.15, -0.1) is 0 Å². The summed E-state index contributed by atoms with van der Waals surface area (Å²) < 4.78 is 11.0. The van der Waals surface area contributed by atoms with E-state index in [2.05, 4.69) is 25.6 Å². The van der Waals surface area contributed by atoms with Gasteiger partial charge in [-0.25, -0.2) is 15.0 Å². The van der Waals surface area contributed by atoms with Crippen LogP contribution in [0.1, 0.15) is 5.82 Å². The van der Waals surface area contributed by atoms with Crippen molar-refractivity contribution in [3.05, 3.63) is 78.8 Å². The molecule has 9 nitrogen and oxygen atoms in total. The normalized spacial score (nSPS) is 11.2. The maximum atomic E-state index is 5.52. The van der Waals surface area contributed by atoms with Crippen molar-refractivity contribution in [1.29, 1.82) is 0 Å². The van der Waals surface area contributed by atoms with Crippen molar-refractivity contribution in [2.24, 2.45) is 0 Å². The first-order chi connectivity index (χ1) is 17.7. The molecule has 0 atom stereocenters. The molecule has 3 aromatic heterocycles.